The van der Waals surface area contributed by atoms with E-state index in [0.29, 0.717) is 6.42 Å². The predicted molar refractivity (Wildman–Crippen MR) is 42.3 cm³/mol. The van der Waals surface area contributed by atoms with E-state index in [1.807, 2.05) is 13.8 Å². The van der Waals surface area contributed by atoms with E-state index in [1.165, 1.54) is 0 Å². The first-order valence-electron chi connectivity index (χ1n) is 3.51. The molecule has 64 valence electrons. The van der Waals surface area contributed by atoms with E-state index in [2.05, 4.69) is 0 Å². The Hall–Kier alpha value is -0.830. The Morgan fingerprint density at radius 2 is 2.09 bits per heavy atom. The van der Waals surface area contributed by atoms with E-state index in [1.54, 1.807) is 6.08 Å². The zero-order chi connectivity index (χ0) is 8.91. The molecule has 0 unspecified atom stereocenters. The molecule has 0 atom stereocenters. The Labute approximate surface area is 66.4 Å². The third-order valence-electron chi connectivity index (χ3n) is 1.43. The number of aliphatic hydroxyl groups is 1. The van der Waals surface area contributed by atoms with Gasteiger partial charge in [0.1, 0.15) is 0 Å². The van der Waals surface area contributed by atoms with Crippen LogP contribution in [-0.2, 0) is 4.79 Å². The molecular formula is C8H14O3. The number of allylic oxidation sites excluding steroid dienone is 1. The molecule has 0 spiro atoms. The van der Waals surface area contributed by atoms with Crippen LogP contribution in [0.15, 0.2) is 12.2 Å². The Balaban J connectivity index is 3.99. The van der Waals surface area contributed by atoms with E-state index in [0.717, 1.165) is 6.08 Å². The van der Waals surface area contributed by atoms with Crippen molar-refractivity contribution in [2.45, 2.75) is 20.3 Å². The zero-order valence-corrected chi connectivity index (χ0v) is 6.87. The maximum Gasteiger partial charge on any atom is 0.327 e. The normalized spacial score (nSPS) is 12.3. The molecule has 0 saturated carbocycles. The summed E-state index contributed by atoms with van der Waals surface area (Å²) in [7, 11) is 0. The lowest BCUT2D eigenvalue weighted by Crippen LogP contribution is -2.10. The van der Waals surface area contributed by atoms with Gasteiger partial charge in [-0.05, 0) is 11.8 Å². The highest BCUT2D eigenvalue weighted by Crippen LogP contribution is 2.20. The fraction of sp³-hybridized carbons (Fsp3) is 0.625. The first-order chi connectivity index (χ1) is 4.98. The van der Waals surface area contributed by atoms with Gasteiger partial charge in [-0.2, -0.15) is 0 Å². The number of hydrogen-bond acceptors (Lipinski definition) is 2. The SMILES string of the molecule is CC(C)(/C=C/C(=O)O)CCO. The van der Waals surface area contributed by atoms with Gasteiger partial charge < -0.3 is 10.2 Å². The van der Waals surface area contributed by atoms with Crippen LogP contribution in [0.5, 0.6) is 0 Å². The van der Waals surface area contributed by atoms with E-state index < -0.39 is 5.97 Å². The second kappa shape index (κ2) is 4.13. The topological polar surface area (TPSA) is 57.5 Å². The summed E-state index contributed by atoms with van der Waals surface area (Å²) in [6.07, 6.45) is 3.28. The summed E-state index contributed by atoms with van der Waals surface area (Å²) in [5, 5.41) is 16.9. The summed E-state index contributed by atoms with van der Waals surface area (Å²) in [6.45, 7) is 3.84. The van der Waals surface area contributed by atoms with Crippen molar-refractivity contribution in [3.05, 3.63) is 12.2 Å². The molecule has 0 aliphatic rings. The predicted octanol–water partition coefficient (Wildman–Crippen LogP) is 1.04. The number of carboxylic acids is 1. The highest BCUT2D eigenvalue weighted by atomic mass is 16.4. The summed E-state index contributed by atoms with van der Waals surface area (Å²) < 4.78 is 0. The number of carboxylic acid groups (broad SMARTS) is 1. The van der Waals surface area contributed by atoms with Gasteiger partial charge in [-0.1, -0.05) is 19.9 Å². The maximum absolute atomic E-state index is 10.1. The third-order valence-corrected chi connectivity index (χ3v) is 1.43. The maximum atomic E-state index is 10.1. The highest BCUT2D eigenvalue weighted by Gasteiger charge is 2.12. The molecule has 0 aromatic heterocycles. The monoisotopic (exact) mass is 158 g/mol. The van der Waals surface area contributed by atoms with Gasteiger partial charge in [-0.3, -0.25) is 0 Å². The molecule has 0 radical (unpaired) electrons. The zero-order valence-electron chi connectivity index (χ0n) is 6.87. The number of rotatable bonds is 4. The van der Waals surface area contributed by atoms with Crippen molar-refractivity contribution in [3.8, 4) is 0 Å². The average Bonchev–Trinajstić information content (AvgIpc) is 1.84. The fourth-order valence-electron chi connectivity index (χ4n) is 0.668. The summed E-state index contributed by atoms with van der Waals surface area (Å²) in [6, 6.07) is 0. The van der Waals surface area contributed by atoms with Crippen LogP contribution in [-0.4, -0.2) is 22.8 Å². The van der Waals surface area contributed by atoms with E-state index in [4.69, 9.17) is 10.2 Å². The molecule has 0 aliphatic carbocycles. The molecule has 0 heterocycles. The first kappa shape index (κ1) is 10.2. The highest BCUT2D eigenvalue weighted by molar-refractivity contribution is 5.79. The van der Waals surface area contributed by atoms with Crippen molar-refractivity contribution in [1.29, 1.82) is 0 Å². The number of carbonyl (C=O) groups is 1. The molecule has 0 bridgehead atoms. The minimum Gasteiger partial charge on any atom is -0.478 e. The lowest BCUT2D eigenvalue weighted by Gasteiger charge is -2.17. The summed E-state index contributed by atoms with van der Waals surface area (Å²) in [5.41, 5.74) is -0.229. The van der Waals surface area contributed by atoms with Crippen molar-refractivity contribution in [1.82, 2.24) is 0 Å². The van der Waals surface area contributed by atoms with E-state index >= 15 is 0 Å². The van der Waals surface area contributed by atoms with Crippen molar-refractivity contribution >= 4 is 5.97 Å². The standard InChI is InChI=1S/C8H14O3/c1-8(2,5-6-9)4-3-7(10)11/h3-4,9H,5-6H2,1-2H3,(H,10,11)/b4-3+. The third kappa shape index (κ3) is 5.61. The molecule has 0 aromatic carbocycles. The number of aliphatic hydroxyl groups excluding tert-OH is 1. The molecular weight excluding hydrogens is 144 g/mol. The van der Waals surface area contributed by atoms with Gasteiger partial charge in [-0.15, -0.1) is 0 Å². The summed E-state index contributed by atoms with van der Waals surface area (Å²) >= 11 is 0. The molecule has 11 heavy (non-hydrogen) atoms. The van der Waals surface area contributed by atoms with Gasteiger partial charge in [0.05, 0.1) is 0 Å². The van der Waals surface area contributed by atoms with Gasteiger partial charge in [0.2, 0.25) is 0 Å². The van der Waals surface area contributed by atoms with E-state index in [9.17, 15) is 4.79 Å². The second-order valence-corrected chi connectivity index (χ2v) is 3.13. The van der Waals surface area contributed by atoms with Crippen LogP contribution in [0.2, 0.25) is 0 Å². The van der Waals surface area contributed by atoms with Crippen LogP contribution in [0.3, 0.4) is 0 Å². The van der Waals surface area contributed by atoms with Crippen molar-refractivity contribution in [2.24, 2.45) is 5.41 Å². The lowest BCUT2D eigenvalue weighted by molar-refractivity contribution is -0.131. The molecule has 2 N–H and O–H groups in total. The Bertz CT molecular complexity index is 159. The Kier molecular flexibility index (Phi) is 3.82. The number of hydrogen-bond donors (Lipinski definition) is 2. The van der Waals surface area contributed by atoms with Crippen molar-refractivity contribution in [2.75, 3.05) is 6.61 Å². The molecule has 0 saturated heterocycles. The first-order valence-corrected chi connectivity index (χ1v) is 3.51. The molecule has 0 fully saturated rings. The molecule has 0 amide bonds. The van der Waals surface area contributed by atoms with Crippen molar-refractivity contribution < 1.29 is 15.0 Å². The smallest absolute Gasteiger partial charge is 0.327 e. The van der Waals surface area contributed by atoms with Gasteiger partial charge in [0, 0.05) is 12.7 Å². The molecule has 0 aliphatic heterocycles. The second-order valence-electron chi connectivity index (χ2n) is 3.13. The fourth-order valence-corrected chi connectivity index (χ4v) is 0.668. The molecule has 0 rings (SSSR count). The van der Waals surface area contributed by atoms with Crippen LogP contribution in [0.4, 0.5) is 0 Å². The largest absolute Gasteiger partial charge is 0.478 e. The van der Waals surface area contributed by atoms with Crippen LogP contribution >= 0.6 is 0 Å². The van der Waals surface area contributed by atoms with Gasteiger partial charge in [-0.25, -0.2) is 4.79 Å². The van der Waals surface area contributed by atoms with E-state index in [-0.39, 0.29) is 12.0 Å². The molecule has 0 aromatic rings. The Morgan fingerprint density at radius 1 is 1.55 bits per heavy atom. The van der Waals surface area contributed by atoms with Gasteiger partial charge in [0.15, 0.2) is 0 Å². The van der Waals surface area contributed by atoms with Gasteiger partial charge >= 0.3 is 5.97 Å². The molecule has 3 heteroatoms. The van der Waals surface area contributed by atoms with Crippen LogP contribution in [0.25, 0.3) is 0 Å². The average molecular weight is 158 g/mol. The van der Waals surface area contributed by atoms with Crippen LogP contribution < -0.4 is 0 Å². The van der Waals surface area contributed by atoms with Crippen LogP contribution in [0.1, 0.15) is 20.3 Å². The van der Waals surface area contributed by atoms with Gasteiger partial charge in [0.25, 0.3) is 0 Å². The molecule has 3 nitrogen and oxygen atoms in total. The minimum atomic E-state index is -0.948. The summed E-state index contributed by atoms with van der Waals surface area (Å²) in [5.74, 6) is -0.948. The summed E-state index contributed by atoms with van der Waals surface area (Å²) in [4.78, 5) is 10.1. The lowest BCUT2D eigenvalue weighted by atomic mass is 9.89. The Morgan fingerprint density at radius 3 is 2.45 bits per heavy atom. The minimum absolute atomic E-state index is 0.0803. The number of aliphatic carboxylic acids is 1. The van der Waals surface area contributed by atoms with Crippen LogP contribution in [0, 0.1) is 5.41 Å². The quantitative estimate of drug-likeness (QED) is 0.601. The van der Waals surface area contributed by atoms with Crippen molar-refractivity contribution in [3.63, 3.8) is 0 Å².